The van der Waals surface area contributed by atoms with E-state index in [-0.39, 0.29) is 11.9 Å². The molecule has 1 amide bonds. The van der Waals surface area contributed by atoms with Crippen LogP contribution in [0.3, 0.4) is 0 Å². The van der Waals surface area contributed by atoms with Gasteiger partial charge >= 0.3 is 0 Å². The van der Waals surface area contributed by atoms with Gasteiger partial charge in [0.1, 0.15) is 11.9 Å². The van der Waals surface area contributed by atoms with Crippen molar-refractivity contribution in [1.29, 1.82) is 0 Å². The van der Waals surface area contributed by atoms with Crippen LogP contribution in [0, 0.1) is 0 Å². The van der Waals surface area contributed by atoms with Gasteiger partial charge in [0, 0.05) is 13.1 Å². The van der Waals surface area contributed by atoms with Crippen LogP contribution in [-0.2, 0) is 4.79 Å². The summed E-state index contributed by atoms with van der Waals surface area (Å²) in [7, 11) is 0. The molecule has 80 valence electrons. The zero-order valence-electron chi connectivity index (χ0n) is 8.60. The number of carbonyl (C=O) groups is 1. The number of carbonyl (C=O) groups excluding carboxylic acids is 1. The number of hydrogen-bond donors (Lipinski definition) is 2. The number of nitrogens with zero attached hydrogens (tertiary/aromatic N) is 2. The molecule has 1 fully saturated rings. The highest BCUT2D eigenvalue weighted by molar-refractivity contribution is 5.85. The van der Waals surface area contributed by atoms with Crippen LogP contribution in [0.5, 0.6) is 0 Å². The van der Waals surface area contributed by atoms with Gasteiger partial charge in [0.25, 0.3) is 0 Å². The van der Waals surface area contributed by atoms with Crippen molar-refractivity contribution in [3.63, 3.8) is 0 Å². The topological polar surface area (TPSA) is 71.2 Å². The molecule has 1 aliphatic heterocycles. The predicted octanol–water partition coefficient (Wildman–Crippen LogP) is -0.0115. The third-order valence-electron chi connectivity index (χ3n) is 2.56. The van der Waals surface area contributed by atoms with Crippen molar-refractivity contribution in [3.05, 3.63) is 18.3 Å². The normalized spacial score (nSPS) is 21.3. The van der Waals surface area contributed by atoms with E-state index in [1.165, 1.54) is 0 Å². The first-order valence-electron chi connectivity index (χ1n) is 4.94. The molecule has 5 heteroatoms. The Morgan fingerprint density at radius 3 is 3.07 bits per heavy atom. The molecular weight excluding hydrogens is 192 g/mol. The molecular formula is C10H14N4O. The van der Waals surface area contributed by atoms with Crippen molar-refractivity contribution in [2.45, 2.75) is 13.0 Å². The van der Waals surface area contributed by atoms with Crippen LogP contribution in [0.2, 0.25) is 0 Å². The molecule has 1 unspecified atom stereocenters. The molecule has 3 N–H and O–H groups in total. The third-order valence-corrected chi connectivity index (χ3v) is 2.56. The van der Waals surface area contributed by atoms with Crippen LogP contribution < -0.4 is 16.0 Å². The van der Waals surface area contributed by atoms with E-state index in [0.29, 0.717) is 12.2 Å². The smallest absolute Gasteiger partial charge is 0.242 e. The standard InChI is InChI=1S/C10H14N4O/c1-7-10(15)12-4-5-14(7)9-3-2-8(11)6-13-9/h2-3,6-7H,4-5,11H2,1H3,(H,12,15). The summed E-state index contributed by atoms with van der Waals surface area (Å²) in [6.07, 6.45) is 1.61. The second-order valence-corrected chi connectivity index (χ2v) is 3.61. The molecule has 15 heavy (non-hydrogen) atoms. The molecule has 1 aromatic heterocycles. The van der Waals surface area contributed by atoms with Crippen LogP contribution >= 0.6 is 0 Å². The van der Waals surface area contributed by atoms with E-state index in [1.54, 1.807) is 12.3 Å². The van der Waals surface area contributed by atoms with Gasteiger partial charge in [-0.3, -0.25) is 4.79 Å². The first-order chi connectivity index (χ1) is 7.18. The van der Waals surface area contributed by atoms with Gasteiger partial charge in [-0.1, -0.05) is 0 Å². The van der Waals surface area contributed by atoms with Crippen LogP contribution in [0.25, 0.3) is 0 Å². The van der Waals surface area contributed by atoms with E-state index >= 15 is 0 Å². The Hall–Kier alpha value is -1.78. The lowest BCUT2D eigenvalue weighted by Gasteiger charge is -2.33. The molecule has 2 rings (SSSR count). The van der Waals surface area contributed by atoms with E-state index in [1.807, 2.05) is 17.9 Å². The number of nitrogens with one attached hydrogen (secondary N) is 1. The van der Waals surface area contributed by atoms with E-state index in [0.717, 1.165) is 12.4 Å². The molecule has 0 radical (unpaired) electrons. The molecule has 1 atom stereocenters. The van der Waals surface area contributed by atoms with Gasteiger partial charge in [-0.05, 0) is 19.1 Å². The van der Waals surface area contributed by atoms with Gasteiger partial charge in [-0.2, -0.15) is 0 Å². The second-order valence-electron chi connectivity index (χ2n) is 3.61. The fourth-order valence-electron chi connectivity index (χ4n) is 1.66. The number of anilines is 2. The Bertz CT molecular complexity index is 362. The van der Waals surface area contributed by atoms with Gasteiger partial charge in [0.2, 0.25) is 5.91 Å². The van der Waals surface area contributed by atoms with Crippen molar-refractivity contribution in [2.75, 3.05) is 23.7 Å². The Labute approximate surface area is 88.3 Å². The van der Waals surface area contributed by atoms with Crippen LogP contribution in [0.4, 0.5) is 11.5 Å². The summed E-state index contributed by atoms with van der Waals surface area (Å²) in [5.74, 6) is 0.839. The molecule has 0 aliphatic carbocycles. The number of amides is 1. The number of aromatic nitrogens is 1. The average Bonchev–Trinajstić information content (AvgIpc) is 2.24. The van der Waals surface area contributed by atoms with E-state index in [9.17, 15) is 4.79 Å². The molecule has 1 aromatic rings. The number of nitrogens with two attached hydrogens (primary N) is 1. The van der Waals surface area contributed by atoms with Gasteiger partial charge in [-0.25, -0.2) is 4.98 Å². The number of hydrogen-bond acceptors (Lipinski definition) is 4. The fourth-order valence-corrected chi connectivity index (χ4v) is 1.66. The van der Waals surface area contributed by atoms with Crippen molar-refractivity contribution in [3.8, 4) is 0 Å². The fraction of sp³-hybridized carbons (Fsp3) is 0.400. The second kappa shape index (κ2) is 3.76. The Morgan fingerprint density at radius 2 is 2.40 bits per heavy atom. The quantitative estimate of drug-likeness (QED) is 0.678. The van der Waals surface area contributed by atoms with Gasteiger partial charge in [-0.15, -0.1) is 0 Å². The minimum Gasteiger partial charge on any atom is -0.397 e. The molecule has 1 saturated heterocycles. The zero-order chi connectivity index (χ0) is 10.8. The number of piperazine rings is 1. The Morgan fingerprint density at radius 1 is 1.60 bits per heavy atom. The molecule has 0 bridgehead atoms. The highest BCUT2D eigenvalue weighted by atomic mass is 16.2. The minimum absolute atomic E-state index is 0.0416. The minimum atomic E-state index is -0.171. The summed E-state index contributed by atoms with van der Waals surface area (Å²) >= 11 is 0. The summed E-state index contributed by atoms with van der Waals surface area (Å²) in [6.45, 7) is 3.31. The van der Waals surface area contributed by atoms with Crippen LogP contribution in [-0.4, -0.2) is 30.0 Å². The maximum atomic E-state index is 11.4. The third kappa shape index (κ3) is 1.86. The summed E-state index contributed by atoms with van der Waals surface area (Å²) in [6, 6.07) is 3.46. The van der Waals surface area contributed by atoms with Gasteiger partial charge in [0.05, 0.1) is 11.9 Å². The van der Waals surface area contributed by atoms with Gasteiger partial charge < -0.3 is 16.0 Å². The summed E-state index contributed by atoms with van der Waals surface area (Å²) in [5.41, 5.74) is 6.19. The van der Waals surface area contributed by atoms with Crippen LogP contribution in [0.15, 0.2) is 18.3 Å². The van der Waals surface area contributed by atoms with E-state index < -0.39 is 0 Å². The van der Waals surface area contributed by atoms with E-state index in [2.05, 4.69) is 10.3 Å². The number of pyridine rings is 1. The van der Waals surface area contributed by atoms with Crippen LogP contribution in [0.1, 0.15) is 6.92 Å². The zero-order valence-corrected chi connectivity index (χ0v) is 8.60. The first-order valence-corrected chi connectivity index (χ1v) is 4.94. The lowest BCUT2D eigenvalue weighted by Crippen LogP contribution is -2.54. The van der Waals surface area contributed by atoms with Crippen molar-refractivity contribution >= 4 is 17.4 Å². The molecule has 0 saturated carbocycles. The lowest BCUT2D eigenvalue weighted by molar-refractivity contribution is -0.122. The Balaban J connectivity index is 2.22. The van der Waals surface area contributed by atoms with Crippen molar-refractivity contribution < 1.29 is 4.79 Å². The molecule has 0 spiro atoms. The first kappa shape index (κ1) is 9.76. The summed E-state index contributed by atoms with van der Waals surface area (Å²) in [5, 5.41) is 2.81. The average molecular weight is 206 g/mol. The molecule has 5 nitrogen and oxygen atoms in total. The van der Waals surface area contributed by atoms with Crippen molar-refractivity contribution in [1.82, 2.24) is 10.3 Å². The number of nitrogen functional groups attached to an aromatic ring is 1. The number of rotatable bonds is 1. The Kier molecular flexibility index (Phi) is 2.45. The largest absolute Gasteiger partial charge is 0.397 e. The predicted molar refractivity (Wildman–Crippen MR) is 58.5 cm³/mol. The highest BCUT2D eigenvalue weighted by Gasteiger charge is 2.25. The maximum Gasteiger partial charge on any atom is 0.242 e. The monoisotopic (exact) mass is 206 g/mol. The molecule has 1 aliphatic rings. The lowest BCUT2D eigenvalue weighted by atomic mass is 10.2. The summed E-state index contributed by atoms with van der Waals surface area (Å²) in [4.78, 5) is 17.6. The van der Waals surface area contributed by atoms with E-state index in [4.69, 9.17) is 5.73 Å². The van der Waals surface area contributed by atoms with Crippen molar-refractivity contribution in [2.24, 2.45) is 0 Å². The summed E-state index contributed by atoms with van der Waals surface area (Å²) < 4.78 is 0. The van der Waals surface area contributed by atoms with Gasteiger partial charge in [0.15, 0.2) is 0 Å². The maximum absolute atomic E-state index is 11.4. The molecule has 0 aromatic carbocycles. The molecule has 2 heterocycles. The highest BCUT2D eigenvalue weighted by Crippen LogP contribution is 2.16. The SMILES string of the molecule is CC1C(=O)NCCN1c1ccc(N)cn1.